The first kappa shape index (κ1) is 17.8. The monoisotopic (exact) mass is 392 g/mol. The van der Waals surface area contributed by atoms with Crippen LogP contribution in [0.5, 0.6) is 5.75 Å². The van der Waals surface area contributed by atoms with Crippen LogP contribution in [0.15, 0.2) is 71.8 Å². The van der Waals surface area contributed by atoms with Crippen molar-refractivity contribution in [3.05, 3.63) is 94.3 Å². The van der Waals surface area contributed by atoms with E-state index in [1.807, 2.05) is 43.3 Å². The summed E-state index contributed by atoms with van der Waals surface area (Å²) in [5.74, 6) is 0.664. The number of pyridine rings is 3. The van der Waals surface area contributed by atoms with Crippen LogP contribution in [0, 0.1) is 18.3 Å². The van der Waals surface area contributed by atoms with Gasteiger partial charge in [0.1, 0.15) is 29.8 Å². The molecule has 0 bridgehead atoms. The van der Waals surface area contributed by atoms with Crippen LogP contribution in [0.1, 0.15) is 17.0 Å². The van der Waals surface area contributed by atoms with Gasteiger partial charge in [-0.25, -0.2) is 4.98 Å². The second-order valence-electron chi connectivity index (χ2n) is 7.04. The summed E-state index contributed by atoms with van der Waals surface area (Å²) in [4.78, 5) is 22.3. The van der Waals surface area contributed by atoms with Crippen molar-refractivity contribution in [2.75, 3.05) is 0 Å². The lowest BCUT2D eigenvalue weighted by Gasteiger charge is -2.24. The molecule has 0 atom stereocenters. The molecular weight excluding hydrogens is 376 g/mol. The summed E-state index contributed by atoms with van der Waals surface area (Å²) in [7, 11) is 0. The number of fused-ring (bicyclic) bond motifs is 3. The molecule has 0 radical (unpaired) electrons. The molecule has 0 unspecified atom stereocenters. The summed E-state index contributed by atoms with van der Waals surface area (Å²) in [6.45, 7) is 2.24. The Morgan fingerprint density at radius 3 is 2.57 bits per heavy atom. The van der Waals surface area contributed by atoms with E-state index in [0.717, 1.165) is 22.5 Å². The molecule has 3 aromatic heterocycles. The highest BCUT2D eigenvalue weighted by molar-refractivity contribution is 5.78. The number of nitrogens with zero attached hydrogens (tertiary/aromatic N) is 4. The number of aromatic nitrogens is 3. The first-order valence-corrected chi connectivity index (χ1v) is 9.47. The minimum absolute atomic E-state index is 0.207. The Bertz CT molecular complexity index is 1380. The maximum Gasteiger partial charge on any atom is 0.263 e. The van der Waals surface area contributed by atoms with Gasteiger partial charge in [-0.3, -0.25) is 14.3 Å². The zero-order chi connectivity index (χ0) is 20.7. The van der Waals surface area contributed by atoms with Crippen molar-refractivity contribution >= 4 is 0 Å². The van der Waals surface area contributed by atoms with E-state index >= 15 is 0 Å². The lowest BCUT2D eigenvalue weighted by Crippen LogP contribution is -2.27. The fourth-order valence-corrected chi connectivity index (χ4v) is 3.73. The number of ether oxygens (including phenoxy) is 1. The fourth-order valence-electron chi connectivity index (χ4n) is 3.73. The number of nitriles is 1. The van der Waals surface area contributed by atoms with E-state index in [2.05, 4.69) is 16.0 Å². The summed E-state index contributed by atoms with van der Waals surface area (Å²) in [5.41, 5.74) is 4.90. The molecule has 1 aliphatic rings. The highest BCUT2D eigenvalue weighted by Gasteiger charge is 2.26. The Morgan fingerprint density at radius 1 is 1.00 bits per heavy atom. The standard InChI is InChI=1S/C24H16N4O2/c1-15-6-8-16(9-7-15)28-21-14-30-22-5-3-11-27-23(22)19(21)12-18(24(28)29)17-4-2-10-26-20(17)13-25/h2-12H,14H2,1H3. The minimum Gasteiger partial charge on any atom is -0.485 e. The van der Waals surface area contributed by atoms with Gasteiger partial charge in [0.2, 0.25) is 0 Å². The maximum atomic E-state index is 13.7. The van der Waals surface area contributed by atoms with Crippen molar-refractivity contribution in [2.45, 2.75) is 13.5 Å². The van der Waals surface area contributed by atoms with Crippen molar-refractivity contribution in [1.29, 1.82) is 5.26 Å². The number of rotatable bonds is 2. The van der Waals surface area contributed by atoms with Gasteiger partial charge < -0.3 is 4.74 Å². The minimum atomic E-state index is -0.231. The first-order valence-electron chi connectivity index (χ1n) is 9.47. The molecule has 4 aromatic rings. The van der Waals surface area contributed by atoms with Gasteiger partial charge in [0.05, 0.1) is 11.3 Å². The topological polar surface area (TPSA) is 80.8 Å². The molecule has 0 N–H and O–H groups in total. The van der Waals surface area contributed by atoms with E-state index in [1.165, 1.54) is 0 Å². The predicted octanol–water partition coefficient (Wildman–Crippen LogP) is 4.03. The third kappa shape index (κ3) is 2.76. The van der Waals surface area contributed by atoms with Gasteiger partial charge in [-0.05, 0) is 49.4 Å². The largest absolute Gasteiger partial charge is 0.485 e. The van der Waals surface area contributed by atoms with Crippen molar-refractivity contribution in [3.8, 4) is 39.9 Å². The van der Waals surface area contributed by atoms with Crippen molar-refractivity contribution in [2.24, 2.45) is 0 Å². The summed E-state index contributed by atoms with van der Waals surface area (Å²) < 4.78 is 7.54. The van der Waals surface area contributed by atoms with Crippen LogP contribution in [0.4, 0.5) is 0 Å². The lowest BCUT2D eigenvalue weighted by atomic mass is 9.98. The van der Waals surface area contributed by atoms with Crippen LogP contribution in [-0.2, 0) is 6.61 Å². The second kappa shape index (κ2) is 6.98. The van der Waals surface area contributed by atoms with Crippen LogP contribution in [-0.4, -0.2) is 14.5 Å². The van der Waals surface area contributed by atoms with Gasteiger partial charge in [-0.15, -0.1) is 0 Å². The van der Waals surface area contributed by atoms with Crippen molar-refractivity contribution < 1.29 is 4.74 Å². The molecule has 0 saturated heterocycles. The van der Waals surface area contributed by atoms with Crippen molar-refractivity contribution in [3.63, 3.8) is 0 Å². The second-order valence-corrected chi connectivity index (χ2v) is 7.04. The van der Waals surface area contributed by atoms with Crippen LogP contribution >= 0.6 is 0 Å². The van der Waals surface area contributed by atoms with E-state index < -0.39 is 0 Å². The highest BCUT2D eigenvalue weighted by Crippen LogP contribution is 2.37. The average Bonchev–Trinajstić information content (AvgIpc) is 2.79. The fraction of sp³-hybridized carbons (Fsp3) is 0.0833. The van der Waals surface area contributed by atoms with Crippen LogP contribution in [0.2, 0.25) is 0 Å². The molecule has 1 aromatic carbocycles. The molecule has 0 amide bonds. The highest BCUT2D eigenvalue weighted by atomic mass is 16.5. The lowest BCUT2D eigenvalue weighted by molar-refractivity contribution is 0.292. The van der Waals surface area contributed by atoms with Gasteiger partial charge in [-0.1, -0.05) is 17.7 Å². The van der Waals surface area contributed by atoms with E-state index in [9.17, 15) is 10.1 Å². The van der Waals surface area contributed by atoms with Gasteiger partial charge in [0.15, 0.2) is 0 Å². The van der Waals surface area contributed by atoms with E-state index in [4.69, 9.17) is 4.74 Å². The van der Waals surface area contributed by atoms with Crippen molar-refractivity contribution in [1.82, 2.24) is 14.5 Å². The SMILES string of the molecule is Cc1ccc(-n2c3c(cc(-c4cccnc4C#N)c2=O)-c2ncccc2OC3)cc1. The van der Waals surface area contributed by atoms with Gasteiger partial charge in [-0.2, -0.15) is 5.26 Å². The van der Waals surface area contributed by atoms with Crippen LogP contribution in [0.25, 0.3) is 28.1 Å². The number of hydrogen-bond donors (Lipinski definition) is 0. The molecule has 0 spiro atoms. The molecule has 5 rings (SSSR count). The van der Waals surface area contributed by atoms with Gasteiger partial charge in [0, 0.05) is 29.2 Å². The molecule has 0 saturated carbocycles. The number of aryl methyl sites for hydroxylation is 1. The zero-order valence-corrected chi connectivity index (χ0v) is 16.2. The summed E-state index contributed by atoms with van der Waals surface area (Å²) in [5, 5.41) is 9.53. The average molecular weight is 392 g/mol. The summed E-state index contributed by atoms with van der Waals surface area (Å²) in [6.07, 6.45) is 3.24. The third-order valence-corrected chi connectivity index (χ3v) is 5.19. The number of benzene rings is 1. The van der Waals surface area contributed by atoms with Gasteiger partial charge in [0.25, 0.3) is 5.56 Å². The molecule has 6 nitrogen and oxygen atoms in total. The molecule has 144 valence electrons. The molecular formula is C24H16N4O2. The van der Waals surface area contributed by atoms with Gasteiger partial charge >= 0.3 is 0 Å². The zero-order valence-electron chi connectivity index (χ0n) is 16.2. The van der Waals surface area contributed by atoms with E-state index in [1.54, 1.807) is 35.2 Å². The smallest absolute Gasteiger partial charge is 0.263 e. The summed E-state index contributed by atoms with van der Waals surface area (Å²) in [6, 6.07) is 18.8. The Morgan fingerprint density at radius 2 is 1.77 bits per heavy atom. The Hall–Kier alpha value is -4.24. The first-order chi connectivity index (χ1) is 14.7. The van der Waals surface area contributed by atoms with E-state index in [0.29, 0.717) is 22.6 Å². The molecule has 4 heterocycles. The maximum absolute atomic E-state index is 13.7. The summed E-state index contributed by atoms with van der Waals surface area (Å²) >= 11 is 0. The molecule has 0 fully saturated rings. The van der Waals surface area contributed by atoms with E-state index in [-0.39, 0.29) is 17.9 Å². The third-order valence-electron chi connectivity index (χ3n) is 5.19. The Kier molecular flexibility index (Phi) is 4.15. The number of hydrogen-bond acceptors (Lipinski definition) is 5. The molecule has 0 aliphatic carbocycles. The van der Waals surface area contributed by atoms with Crippen LogP contribution < -0.4 is 10.3 Å². The molecule has 1 aliphatic heterocycles. The van der Waals surface area contributed by atoms with Crippen LogP contribution in [0.3, 0.4) is 0 Å². The molecule has 30 heavy (non-hydrogen) atoms. The Labute approximate surface area is 172 Å². The molecule has 6 heteroatoms. The Balaban J connectivity index is 1.89. The normalized spacial score (nSPS) is 11.7. The quantitative estimate of drug-likeness (QED) is 0.514. The predicted molar refractivity (Wildman–Crippen MR) is 112 cm³/mol.